The lowest BCUT2D eigenvalue weighted by molar-refractivity contribution is -0.274. The van der Waals surface area contributed by atoms with E-state index in [-0.39, 0.29) is 18.5 Å². The van der Waals surface area contributed by atoms with Crippen LogP contribution in [0.5, 0.6) is 5.75 Å². The summed E-state index contributed by atoms with van der Waals surface area (Å²) in [5.74, 6) is -1.72. The molecule has 2 aromatic rings. The van der Waals surface area contributed by atoms with Crippen molar-refractivity contribution in [2.75, 3.05) is 0 Å². The van der Waals surface area contributed by atoms with Crippen molar-refractivity contribution in [1.82, 2.24) is 15.1 Å². The molecule has 34 heavy (non-hydrogen) atoms. The third kappa shape index (κ3) is 5.98. The van der Waals surface area contributed by atoms with Gasteiger partial charge in [0.25, 0.3) is 5.91 Å². The number of alkyl halides is 7. The quantitative estimate of drug-likeness (QED) is 0.582. The van der Waals surface area contributed by atoms with Crippen molar-refractivity contribution in [1.29, 1.82) is 0 Å². The van der Waals surface area contributed by atoms with Gasteiger partial charge in [0, 0.05) is 12.2 Å². The molecule has 0 unspecified atom stereocenters. The van der Waals surface area contributed by atoms with Gasteiger partial charge in [0.05, 0.1) is 4.90 Å². The molecule has 0 radical (unpaired) electrons. The third-order valence-electron chi connectivity index (χ3n) is 5.18. The van der Waals surface area contributed by atoms with Gasteiger partial charge >= 0.3 is 12.5 Å². The molecule has 0 bridgehead atoms. The van der Waals surface area contributed by atoms with Crippen LogP contribution in [-0.4, -0.2) is 47.7 Å². The summed E-state index contributed by atoms with van der Waals surface area (Å²) >= 11 is 0. The van der Waals surface area contributed by atoms with Crippen LogP contribution in [0.15, 0.2) is 41.4 Å². The number of sulfone groups is 1. The van der Waals surface area contributed by atoms with Gasteiger partial charge in [-0.15, -0.1) is 13.2 Å². The number of nitrogens with zero attached hydrogens (tertiary/aromatic N) is 2. The molecule has 1 saturated carbocycles. The molecule has 1 aliphatic carbocycles. The fourth-order valence-electron chi connectivity index (χ4n) is 3.59. The fourth-order valence-corrected chi connectivity index (χ4v) is 5.32. The van der Waals surface area contributed by atoms with E-state index in [2.05, 4.69) is 15.2 Å². The summed E-state index contributed by atoms with van der Waals surface area (Å²) in [7, 11) is -4.73. The number of carbonyl (C=O) groups is 1. The number of hydrogen-bond donors (Lipinski definition) is 1. The van der Waals surface area contributed by atoms with Gasteiger partial charge in [-0.1, -0.05) is 6.07 Å². The van der Waals surface area contributed by atoms with Crippen LogP contribution < -0.4 is 10.1 Å². The summed E-state index contributed by atoms with van der Waals surface area (Å²) in [6.45, 7) is -1.49. The van der Waals surface area contributed by atoms with Crippen LogP contribution in [0.4, 0.5) is 30.7 Å². The van der Waals surface area contributed by atoms with Gasteiger partial charge in [0.1, 0.15) is 18.0 Å². The van der Waals surface area contributed by atoms with Crippen molar-refractivity contribution in [2.45, 2.75) is 60.7 Å². The van der Waals surface area contributed by atoms with E-state index in [1.165, 1.54) is 0 Å². The highest BCUT2D eigenvalue weighted by Gasteiger charge is 2.48. The van der Waals surface area contributed by atoms with Crippen molar-refractivity contribution < 1.29 is 48.7 Å². The normalized spacial score (nSPS) is 21.8. The Morgan fingerprint density at radius 1 is 1.15 bits per heavy atom. The third-order valence-corrected chi connectivity index (χ3v) is 7.42. The number of ether oxygens (including phenoxy) is 1. The first-order valence-corrected chi connectivity index (χ1v) is 11.3. The lowest BCUT2D eigenvalue weighted by Crippen LogP contribution is -2.45. The Bertz CT molecular complexity index is 1140. The van der Waals surface area contributed by atoms with E-state index in [1.807, 2.05) is 0 Å². The molecule has 1 aromatic carbocycles. The number of aromatic nitrogens is 2. The zero-order valence-electron chi connectivity index (χ0n) is 17.2. The molecule has 0 saturated heterocycles. The lowest BCUT2D eigenvalue weighted by Gasteiger charge is -2.33. The summed E-state index contributed by atoms with van der Waals surface area (Å²) in [6.07, 6.45) is -10.2. The second-order valence-electron chi connectivity index (χ2n) is 7.65. The van der Waals surface area contributed by atoms with E-state index in [0.29, 0.717) is 10.7 Å². The summed E-state index contributed by atoms with van der Waals surface area (Å²) in [5, 5.41) is 3.07. The molecule has 0 aliphatic heterocycles. The van der Waals surface area contributed by atoms with Crippen LogP contribution in [0.2, 0.25) is 0 Å². The average Bonchev–Trinajstić information content (AvgIpc) is 3.15. The van der Waals surface area contributed by atoms with E-state index in [0.717, 1.165) is 30.5 Å². The maximum Gasteiger partial charge on any atom is 0.573 e. The minimum absolute atomic E-state index is 0.173. The summed E-state index contributed by atoms with van der Waals surface area (Å²) in [5.41, 5.74) is -0.372. The maximum atomic E-state index is 15.4. The smallest absolute Gasteiger partial charge is 0.406 e. The van der Waals surface area contributed by atoms with Gasteiger partial charge in [-0.2, -0.15) is 18.3 Å². The van der Waals surface area contributed by atoms with Gasteiger partial charge in [-0.25, -0.2) is 12.8 Å². The predicted molar refractivity (Wildman–Crippen MR) is 102 cm³/mol. The van der Waals surface area contributed by atoms with Crippen molar-refractivity contribution >= 4 is 15.7 Å². The SMILES string of the molecule is O=C(N[C@H]1CC[C@@](F)(S(=O)(=O)c2cccc(OC(F)(F)F)c2)CC1)c1ccnn1CC(F)(F)F. The molecular weight excluding hydrogens is 499 g/mol. The van der Waals surface area contributed by atoms with Crippen LogP contribution in [0.3, 0.4) is 0 Å². The van der Waals surface area contributed by atoms with Crippen molar-refractivity contribution in [2.24, 2.45) is 0 Å². The topological polar surface area (TPSA) is 90.3 Å². The molecule has 0 atom stereocenters. The Balaban J connectivity index is 1.67. The zero-order chi connectivity index (χ0) is 25.4. The highest BCUT2D eigenvalue weighted by atomic mass is 32.2. The molecule has 0 spiro atoms. The van der Waals surface area contributed by atoms with E-state index < -0.39 is 69.4 Å². The molecule has 188 valence electrons. The monoisotopic (exact) mass is 517 g/mol. The van der Waals surface area contributed by atoms with Crippen molar-refractivity contribution in [3.8, 4) is 5.75 Å². The molecule has 1 aliphatic rings. The molecule has 3 rings (SSSR count). The molecular formula is C19H18F7N3O4S. The minimum atomic E-state index is -5.07. The fraction of sp³-hybridized carbons (Fsp3) is 0.474. The van der Waals surface area contributed by atoms with E-state index >= 15 is 4.39 Å². The van der Waals surface area contributed by atoms with E-state index in [4.69, 9.17) is 0 Å². The van der Waals surface area contributed by atoms with Gasteiger partial charge in [-0.05, 0) is 49.9 Å². The molecule has 1 aromatic heterocycles. The second kappa shape index (κ2) is 9.07. The Labute approximate surface area is 188 Å². The number of hydrogen-bond acceptors (Lipinski definition) is 5. The summed E-state index contributed by atoms with van der Waals surface area (Å²) in [4.78, 5) is 11.7. The van der Waals surface area contributed by atoms with Crippen LogP contribution in [0.1, 0.15) is 36.2 Å². The molecule has 1 N–H and O–H groups in total. The summed E-state index contributed by atoms with van der Waals surface area (Å²) < 4.78 is 120. The summed E-state index contributed by atoms with van der Waals surface area (Å²) in [6, 6.07) is 3.69. The highest BCUT2D eigenvalue weighted by molar-refractivity contribution is 7.92. The van der Waals surface area contributed by atoms with Gasteiger partial charge in [0.2, 0.25) is 14.8 Å². The maximum absolute atomic E-state index is 15.4. The van der Waals surface area contributed by atoms with Crippen LogP contribution in [0.25, 0.3) is 0 Å². The Hall–Kier alpha value is -2.84. The van der Waals surface area contributed by atoms with Crippen molar-refractivity contribution in [3.05, 3.63) is 42.2 Å². The van der Waals surface area contributed by atoms with Crippen molar-refractivity contribution in [3.63, 3.8) is 0 Å². The van der Waals surface area contributed by atoms with Gasteiger partial charge < -0.3 is 10.1 Å². The molecule has 1 fully saturated rings. The highest BCUT2D eigenvalue weighted by Crippen LogP contribution is 2.41. The molecule has 1 heterocycles. The Kier molecular flexibility index (Phi) is 6.88. The van der Waals surface area contributed by atoms with E-state index in [1.54, 1.807) is 0 Å². The first kappa shape index (κ1) is 25.8. The van der Waals surface area contributed by atoms with Crippen LogP contribution >= 0.6 is 0 Å². The number of amides is 1. The Morgan fingerprint density at radius 3 is 2.38 bits per heavy atom. The number of benzene rings is 1. The van der Waals surface area contributed by atoms with Crippen LogP contribution in [0, 0.1) is 0 Å². The average molecular weight is 517 g/mol. The predicted octanol–water partition coefficient (Wildman–Crippen LogP) is 4.16. The molecule has 15 heteroatoms. The number of nitrogens with one attached hydrogen (secondary N) is 1. The first-order valence-electron chi connectivity index (χ1n) is 9.78. The molecule has 7 nitrogen and oxygen atoms in total. The zero-order valence-corrected chi connectivity index (χ0v) is 18.0. The standard InChI is InChI=1S/C19H18F7N3O4S/c20-17(34(31,32)14-3-1-2-13(10-14)33-19(24,25)26)7-4-12(5-8-17)28-16(30)15-6-9-27-29(15)11-18(21,22)23/h1-3,6,9-10,12H,4-5,7-8,11H2,(H,28,30)/t12-,17+. The van der Waals surface area contributed by atoms with Gasteiger partial charge in [-0.3, -0.25) is 9.48 Å². The second-order valence-corrected chi connectivity index (χ2v) is 9.86. The van der Waals surface area contributed by atoms with E-state index in [9.17, 15) is 39.6 Å². The lowest BCUT2D eigenvalue weighted by atomic mass is 9.93. The number of rotatable bonds is 6. The minimum Gasteiger partial charge on any atom is -0.406 e. The number of carbonyl (C=O) groups excluding carboxylic acids is 1. The van der Waals surface area contributed by atoms with Gasteiger partial charge in [0.15, 0.2) is 0 Å². The number of halogens is 7. The largest absolute Gasteiger partial charge is 0.573 e. The molecule has 1 amide bonds. The Morgan fingerprint density at radius 2 is 1.79 bits per heavy atom. The first-order chi connectivity index (χ1) is 15.6. The van der Waals surface area contributed by atoms with Crippen LogP contribution in [-0.2, 0) is 16.4 Å².